The number of esters is 1. The smallest absolute Gasteiger partial charge is 0.305 e. The number of piperidine rings is 1. The normalized spacial score (nSPS) is 13.5. The van der Waals surface area contributed by atoms with E-state index in [0.717, 1.165) is 42.8 Å². The molecule has 0 atom stereocenters. The number of hydrogen-bond acceptors (Lipinski definition) is 9. The molecule has 3 aromatic heterocycles. The van der Waals surface area contributed by atoms with Crippen LogP contribution < -0.4 is 9.64 Å². The third-order valence-corrected chi connectivity index (χ3v) is 7.59. The van der Waals surface area contributed by atoms with Crippen LogP contribution in [-0.4, -0.2) is 62.6 Å². The summed E-state index contributed by atoms with van der Waals surface area (Å²) in [5, 5.41) is 1.05. The molecule has 1 saturated heterocycles. The van der Waals surface area contributed by atoms with Crippen molar-refractivity contribution in [3.8, 4) is 22.9 Å². The number of rotatable bonds is 10. The molecule has 0 bridgehead atoms. The van der Waals surface area contributed by atoms with Crippen molar-refractivity contribution in [2.75, 3.05) is 32.1 Å². The van der Waals surface area contributed by atoms with Gasteiger partial charge in [-0.1, -0.05) is 23.2 Å². The van der Waals surface area contributed by atoms with E-state index in [2.05, 4.69) is 19.9 Å². The van der Waals surface area contributed by atoms with Crippen LogP contribution >= 0.6 is 48.0 Å². The number of aromatic nitrogens is 5. The maximum absolute atomic E-state index is 11.7. The predicted molar refractivity (Wildman–Crippen MR) is 176 cm³/mol. The average molecular weight is 683 g/mol. The lowest BCUT2D eigenvalue weighted by molar-refractivity contribution is -0.142. The minimum absolute atomic E-state index is 0. The van der Waals surface area contributed by atoms with Gasteiger partial charge in [-0.3, -0.25) is 9.69 Å². The summed E-state index contributed by atoms with van der Waals surface area (Å²) >= 11 is 12.6. The van der Waals surface area contributed by atoms with Crippen molar-refractivity contribution in [2.45, 2.75) is 32.4 Å². The summed E-state index contributed by atoms with van der Waals surface area (Å²) in [6, 6.07) is 9.31. The molecule has 236 valence electrons. The Labute approximate surface area is 279 Å². The topological polar surface area (TPSA) is 98.5 Å². The Hall–Kier alpha value is -3.15. The summed E-state index contributed by atoms with van der Waals surface area (Å²) in [7, 11) is 5.29. The zero-order valence-corrected chi connectivity index (χ0v) is 27.8. The van der Waals surface area contributed by atoms with E-state index < -0.39 is 0 Å². The molecule has 0 N–H and O–H groups in total. The molecule has 1 aromatic carbocycles. The van der Waals surface area contributed by atoms with Gasteiger partial charge in [0, 0.05) is 54.9 Å². The van der Waals surface area contributed by atoms with Gasteiger partial charge in [-0.05, 0) is 61.7 Å². The second-order valence-electron chi connectivity index (χ2n) is 10.6. The molecule has 0 aliphatic carbocycles. The van der Waals surface area contributed by atoms with Crippen molar-refractivity contribution in [3.05, 3.63) is 76.6 Å². The molecular weight excluding hydrogens is 648 g/mol. The van der Waals surface area contributed by atoms with E-state index in [0.29, 0.717) is 58.7 Å². The van der Waals surface area contributed by atoms with Crippen molar-refractivity contribution in [1.82, 2.24) is 29.4 Å². The Bertz CT molecular complexity index is 1510. The van der Waals surface area contributed by atoms with E-state index in [1.807, 2.05) is 54.0 Å². The molecule has 0 unspecified atom stereocenters. The third kappa shape index (κ3) is 9.67. The zero-order chi connectivity index (χ0) is 29.6. The lowest BCUT2D eigenvalue weighted by Crippen LogP contribution is -2.34. The third-order valence-electron chi connectivity index (χ3n) is 7.15. The van der Waals surface area contributed by atoms with Crippen LogP contribution in [0.4, 0.5) is 5.95 Å². The van der Waals surface area contributed by atoms with Crippen LogP contribution in [0.2, 0.25) is 10.0 Å². The molecule has 44 heavy (non-hydrogen) atoms. The fourth-order valence-electron chi connectivity index (χ4n) is 5.02. The number of methoxy groups -OCH3 is 1. The highest BCUT2D eigenvalue weighted by Crippen LogP contribution is 2.31. The van der Waals surface area contributed by atoms with Crippen molar-refractivity contribution < 1.29 is 14.3 Å². The largest absolute Gasteiger partial charge is 0.469 e. The maximum atomic E-state index is 11.7. The number of benzene rings is 1. The molecule has 1 fully saturated rings. The van der Waals surface area contributed by atoms with Gasteiger partial charge in [0.05, 0.1) is 43.8 Å². The first-order valence-electron chi connectivity index (χ1n) is 13.7. The Kier molecular flexibility index (Phi) is 13.0. The fourth-order valence-corrected chi connectivity index (χ4v) is 5.55. The quantitative estimate of drug-likeness (QED) is 0.171. The number of nitrogens with zero attached hydrogens (tertiary/aromatic N) is 7. The summed E-state index contributed by atoms with van der Waals surface area (Å²) in [5.41, 5.74) is 3.44. The van der Waals surface area contributed by atoms with Crippen LogP contribution in [0.1, 0.15) is 30.5 Å². The summed E-state index contributed by atoms with van der Waals surface area (Å²) in [4.78, 5) is 34.1. The molecule has 4 aromatic rings. The minimum atomic E-state index is -0.147. The van der Waals surface area contributed by atoms with Crippen LogP contribution in [-0.2, 0) is 29.7 Å². The summed E-state index contributed by atoms with van der Waals surface area (Å²) in [6.07, 6.45) is 9.35. The van der Waals surface area contributed by atoms with Gasteiger partial charge in [0.25, 0.3) is 0 Å². The summed E-state index contributed by atoms with van der Waals surface area (Å²) in [5.74, 6) is 1.64. The van der Waals surface area contributed by atoms with E-state index in [9.17, 15) is 4.79 Å². The van der Waals surface area contributed by atoms with Crippen molar-refractivity contribution in [3.63, 3.8) is 0 Å². The number of ether oxygens (including phenoxy) is 2. The van der Waals surface area contributed by atoms with E-state index in [-0.39, 0.29) is 30.8 Å². The second-order valence-corrected chi connectivity index (χ2v) is 11.4. The van der Waals surface area contributed by atoms with E-state index in [1.165, 1.54) is 7.11 Å². The SMILES string of the molecule is COC(=O)CC1CCN(Cc2cc(Oc3cnc(N(C)Cc4cn(C)cn4)nc3)nc(-c3cc(Cl)cc(Cl)c3)c2)CC1.Cl.Cl. The van der Waals surface area contributed by atoms with Gasteiger partial charge in [-0.25, -0.2) is 19.9 Å². The number of pyridine rings is 1. The van der Waals surface area contributed by atoms with Crippen LogP contribution in [0.3, 0.4) is 0 Å². The lowest BCUT2D eigenvalue weighted by Gasteiger charge is -2.31. The Morgan fingerprint density at radius 1 is 1.02 bits per heavy atom. The number of likely N-dealkylation sites (tertiary alicyclic amines) is 1. The highest BCUT2D eigenvalue weighted by Gasteiger charge is 2.22. The summed E-state index contributed by atoms with van der Waals surface area (Å²) < 4.78 is 12.9. The molecule has 0 saturated carbocycles. The molecule has 0 spiro atoms. The zero-order valence-electron chi connectivity index (χ0n) is 24.7. The first-order valence-corrected chi connectivity index (χ1v) is 14.4. The number of anilines is 1. The van der Waals surface area contributed by atoms with Crippen molar-refractivity contribution in [2.24, 2.45) is 13.0 Å². The molecule has 4 heterocycles. The number of carbonyl (C=O) groups is 1. The number of hydrogen-bond donors (Lipinski definition) is 0. The summed E-state index contributed by atoms with van der Waals surface area (Å²) in [6.45, 7) is 3.06. The fraction of sp³-hybridized carbons (Fsp3) is 0.367. The number of carbonyl (C=O) groups excluding carboxylic acids is 1. The van der Waals surface area contributed by atoms with Crippen molar-refractivity contribution >= 4 is 59.9 Å². The maximum Gasteiger partial charge on any atom is 0.305 e. The van der Waals surface area contributed by atoms with Gasteiger partial charge in [0.1, 0.15) is 0 Å². The minimum Gasteiger partial charge on any atom is -0.469 e. The highest BCUT2D eigenvalue weighted by atomic mass is 35.5. The Morgan fingerprint density at radius 3 is 2.32 bits per heavy atom. The molecule has 1 aliphatic rings. The first-order chi connectivity index (χ1) is 20.2. The molecule has 0 radical (unpaired) electrons. The van der Waals surface area contributed by atoms with Crippen LogP contribution in [0.25, 0.3) is 11.3 Å². The molecule has 10 nitrogen and oxygen atoms in total. The van der Waals surface area contributed by atoms with E-state index in [1.54, 1.807) is 24.8 Å². The van der Waals surface area contributed by atoms with E-state index in [4.69, 9.17) is 37.7 Å². The number of halogens is 4. The molecule has 0 amide bonds. The molecule has 5 rings (SSSR count). The van der Waals surface area contributed by atoms with Gasteiger partial charge in [0.2, 0.25) is 11.8 Å². The molecule has 14 heteroatoms. The predicted octanol–water partition coefficient (Wildman–Crippen LogP) is 6.63. The van der Waals surface area contributed by atoms with Gasteiger partial charge in [-0.15, -0.1) is 24.8 Å². The molecule has 1 aliphatic heterocycles. The van der Waals surface area contributed by atoms with Gasteiger partial charge >= 0.3 is 5.97 Å². The van der Waals surface area contributed by atoms with Crippen LogP contribution in [0.15, 0.2) is 55.2 Å². The molecular formula is C30H35Cl4N7O3. The van der Waals surface area contributed by atoms with Crippen LogP contribution in [0, 0.1) is 5.92 Å². The van der Waals surface area contributed by atoms with Crippen LogP contribution in [0.5, 0.6) is 11.6 Å². The average Bonchev–Trinajstić information content (AvgIpc) is 3.38. The highest BCUT2D eigenvalue weighted by molar-refractivity contribution is 6.35. The monoisotopic (exact) mass is 681 g/mol. The first kappa shape index (κ1) is 35.3. The van der Waals surface area contributed by atoms with E-state index >= 15 is 0 Å². The van der Waals surface area contributed by atoms with Gasteiger partial charge in [0.15, 0.2) is 5.75 Å². The Balaban J connectivity index is 0.00000264. The number of aryl methyl sites for hydroxylation is 1. The lowest BCUT2D eigenvalue weighted by atomic mass is 9.93. The van der Waals surface area contributed by atoms with Gasteiger partial charge < -0.3 is 18.9 Å². The van der Waals surface area contributed by atoms with Crippen molar-refractivity contribution in [1.29, 1.82) is 0 Å². The number of imidazole rings is 1. The Morgan fingerprint density at radius 2 is 1.70 bits per heavy atom. The van der Waals surface area contributed by atoms with Gasteiger partial charge in [-0.2, -0.15) is 0 Å². The standard InChI is InChI=1S/C30H33Cl2N7O3.2ClH/c1-37-17-25(35-19-37)18-38(2)30-33-14-26(15-34-30)42-28-9-21(8-27(36-28)22-11-23(31)13-24(32)12-22)16-39-6-4-20(5-7-39)10-29(40)41-3;;/h8-9,11-15,17,19-20H,4-7,10,16,18H2,1-3H3;2*1H. The second kappa shape index (κ2) is 16.2.